The lowest BCUT2D eigenvalue weighted by Gasteiger charge is -2.08. The van der Waals surface area contributed by atoms with Crippen molar-refractivity contribution < 1.29 is 0 Å². The fourth-order valence-corrected chi connectivity index (χ4v) is 1.69. The SMILES string of the molecule is CN=C(N)C(=CN)c1ccnc(NCc2ccccn2)n1. The van der Waals surface area contributed by atoms with Crippen LogP contribution in [-0.4, -0.2) is 27.8 Å². The molecule has 5 N–H and O–H groups in total. The van der Waals surface area contributed by atoms with E-state index in [2.05, 4.69) is 25.3 Å². The van der Waals surface area contributed by atoms with Crippen molar-refractivity contribution in [1.82, 2.24) is 15.0 Å². The van der Waals surface area contributed by atoms with Gasteiger partial charge < -0.3 is 16.8 Å². The minimum absolute atomic E-state index is 0.326. The van der Waals surface area contributed by atoms with Crippen LogP contribution in [0.15, 0.2) is 47.9 Å². The Labute approximate surface area is 122 Å². The highest BCUT2D eigenvalue weighted by Gasteiger charge is 2.08. The number of anilines is 1. The van der Waals surface area contributed by atoms with Crippen molar-refractivity contribution in [2.24, 2.45) is 16.5 Å². The summed E-state index contributed by atoms with van der Waals surface area (Å²) in [6.07, 6.45) is 4.75. The van der Waals surface area contributed by atoms with E-state index >= 15 is 0 Å². The molecule has 0 aliphatic heterocycles. The van der Waals surface area contributed by atoms with Crippen LogP contribution < -0.4 is 16.8 Å². The molecule has 0 aromatic carbocycles. The van der Waals surface area contributed by atoms with Crippen molar-refractivity contribution in [3.63, 3.8) is 0 Å². The molecule has 0 spiro atoms. The first-order chi connectivity index (χ1) is 10.2. The molecule has 0 bridgehead atoms. The third kappa shape index (κ3) is 3.75. The zero-order valence-electron chi connectivity index (χ0n) is 11.7. The van der Waals surface area contributed by atoms with Crippen molar-refractivity contribution in [3.8, 4) is 0 Å². The number of hydrogen-bond acceptors (Lipinski definition) is 6. The van der Waals surface area contributed by atoms with Crippen molar-refractivity contribution in [2.75, 3.05) is 12.4 Å². The topological polar surface area (TPSA) is 115 Å². The van der Waals surface area contributed by atoms with Crippen LogP contribution >= 0.6 is 0 Å². The Kier molecular flexibility index (Phi) is 4.81. The summed E-state index contributed by atoms with van der Waals surface area (Å²) < 4.78 is 0. The Balaban J connectivity index is 2.14. The Bertz CT molecular complexity index is 649. The van der Waals surface area contributed by atoms with Crippen LogP contribution in [0.25, 0.3) is 5.57 Å². The van der Waals surface area contributed by atoms with Gasteiger partial charge in [-0.15, -0.1) is 0 Å². The van der Waals surface area contributed by atoms with Crippen LogP contribution in [0.1, 0.15) is 11.4 Å². The lowest BCUT2D eigenvalue weighted by atomic mass is 10.2. The summed E-state index contributed by atoms with van der Waals surface area (Å²) in [6, 6.07) is 7.44. The molecule has 21 heavy (non-hydrogen) atoms. The monoisotopic (exact) mass is 283 g/mol. The number of aromatic nitrogens is 3. The predicted octanol–water partition coefficient (Wildman–Crippen LogP) is 0.770. The van der Waals surface area contributed by atoms with Crippen LogP contribution in [-0.2, 0) is 6.54 Å². The van der Waals surface area contributed by atoms with Gasteiger partial charge in [-0.25, -0.2) is 9.97 Å². The van der Waals surface area contributed by atoms with E-state index in [4.69, 9.17) is 11.5 Å². The van der Waals surface area contributed by atoms with Crippen LogP contribution in [0.5, 0.6) is 0 Å². The molecule has 0 aliphatic carbocycles. The highest BCUT2D eigenvalue weighted by molar-refractivity contribution is 6.21. The molecule has 2 aromatic rings. The maximum absolute atomic E-state index is 5.79. The van der Waals surface area contributed by atoms with E-state index in [0.717, 1.165) is 5.69 Å². The quantitative estimate of drug-likeness (QED) is 0.551. The molecule has 0 amide bonds. The van der Waals surface area contributed by atoms with E-state index in [0.29, 0.717) is 29.6 Å². The molecule has 0 saturated heterocycles. The van der Waals surface area contributed by atoms with Gasteiger partial charge in [0.15, 0.2) is 0 Å². The highest BCUT2D eigenvalue weighted by Crippen LogP contribution is 2.12. The normalized spacial score (nSPS) is 12.2. The Morgan fingerprint density at radius 2 is 2.14 bits per heavy atom. The Hall–Kier alpha value is -2.96. The van der Waals surface area contributed by atoms with Gasteiger partial charge in [0, 0.05) is 25.6 Å². The first kappa shape index (κ1) is 14.4. The molecule has 0 radical (unpaired) electrons. The molecule has 7 heteroatoms. The number of nitrogens with two attached hydrogens (primary N) is 2. The predicted molar refractivity (Wildman–Crippen MR) is 83.3 cm³/mol. The van der Waals surface area contributed by atoms with Crippen LogP contribution in [0.4, 0.5) is 5.95 Å². The third-order valence-corrected chi connectivity index (χ3v) is 2.77. The van der Waals surface area contributed by atoms with Gasteiger partial charge in [0.1, 0.15) is 5.84 Å². The molecule has 7 nitrogen and oxygen atoms in total. The molecule has 0 atom stereocenters. The molecular weight excluding hydrogens is 266 g/mol. The second kappa shape index (κ2) is 6.99. The van der Waals surface area contributed by atoms with Gasteiger partial charge >= 0.3 is 0 Å². The van der Waals surface area contributed by atoms with Crippen molar-refractivity contribution in [3.05, 3.63) is 54.2 Å². The number of aliphatic imine (C=N–C) groups is 1. The van der Waals surface area contributed by atoms with Gasteiger partial charge in [-0.3, -0.25) is 9.98 Å². The maximum atomic E-state index is 5.79. The molecule has 0 unspecified atom stereocenters. The lowest BCUT2D eigenvalue weighted by molar-refractivity contribution is 0.998. The van der Waals surface area contributed by atoms with Crippen LogP contribution in [0.2, 0.25) is 0 Å². The molecule has 2 rings (SSSR count). The van der Waals surface area contributed by atoms with Crippen LogP contribution in [0.3, 0.4) is 0 Å². The van der Waals surface area contributed by atoms with Gasteiger partial charge in [-0.1, -0.05) is 6.07 Å². The van der Waals surface area contributed by atoms with Gasteiger partial charge in [-0.2, -0.15) is 0 Å². The van der Waals surface area contributed by atoms with Gasteiger partial charge in [0.25, 0.3) is 0 Å². The number of amidine groups is 1. The van der Waals surface area contributed by atoms with E-state index in [1.54, 1.807) is 25.5 Å². The average Bonchev–Trinajstić information content (AvgIpc) is 2.55. The Morgan fingerprint density at radius 1 is 1.29 bits per heavy atom. The van der Waals surface area contributed by atoms with E-state index in [1.807, 2.05) is 18.2 Å². The largest absolute Gasteiger partial charge is 0.404 e. The number of hydrogen-bond donors (Lipinski definition) is 3. The van der Waals surface area contributed by atoms with E-state index in [9.17, 15) is 0 Å². The van der Waals surface area contributed by atoms with Crippen LogP contribution in [0, 0.1) is 0 Å². The highest BCUT2D eigenvalue weighted by atomic mass is 15.1. The number of nitrogens with one attached hydrogen (secondary N) is 1. The summed E-state index contributed by atoms with van der Waals surface area (Å²) in [5.74, 6) is 0.799. The molecule has 2 aromatic heterocycles. The molecule has 108 valence electrons. The first-order valence-corrected chi connectivity index (χ1v) is 6.36. The summed E-state index contributed by atoms with van der Waals surface area (Å²) in [7, 11) is 1.60. The molecule has 0 saturated carbocycles. The zero-order valence-corrected chi connectivity index (χ0v) is 11.7. The summed E-state index contributed by atoms with van der Waals surface area (Å²) in [6.45, 7) is 0.531. The standard InChI is InChI=1S/C14H17N7/c1-17-13(16)11(8-15)12-5-7-19-14(21-12)20-9-10-4-2-3-6-18-10/h2-8H,9,15H2,1H3,(H2,16,17)(H,19,20,21). The van der Waals surface area contributed by atoms with Crippen molar-refractivity contribution >= 4 is 17.4 Å². The number of rotatable bonds is 5. The van der Waals surface area contributed by atoms with E-state index < -0.39 is 0 Å². The summed E-state index contributed by atoms with van der Waals surface area (Å²) in [5.41, 5.74) is 13.4. The first-order valence-electron chi connectivity index (χ1n) is 6.36. The second-order valence-electron chi connectivity index (χ2n) is 4.13. The van der Waals surface area contributed by atoms with Gasteiger partial charge in [0.05, 0.1) is 23.5 Å². The molecule has 0 fully saturated rings. The molecule has 0 aliphatic rings. The summed E-state index contributed by atoms with van der Waals surface area (Å²) >= 11 is 0. The number of pyridine rings is 1. The van der Waals surface area contributed by atoms with Gasteiger partial charge in [-0.05, 0) is 18.2 Å². The van der Waals surface area contributed by atoms with Crippen molar-refractivity contribution in [2.45, 2.75) is 6.54 Å². The minimum Gasteiger partial charge on any atom is -0.404 e. The fourth-order valence-electron chi connectivity index (χ4n) is 1.69. The molecule has 2 heterocycles. The van der Waals surface area contributed by atoms with E-state index in [-0.39, 0.29) is 0 Å². The van der Waals surface area contributed by atoms with E-state index in [1.165, 1.54) is 6.20 Å². The lowest BCUT2D eigenvalue weighted by Crippen LogP contribution is -2.16. The van der Waals surface area contributed by atoms with Crippen molar-refractivity contribution in [1.29, 1.82) is 0 Å². The second-order valence-corrected chi connectivity index (χ2v) is 4.13. The average molecular weight is 283 g/mol. The third-order valence-electron chi connectivity index (χ3n) is 2.77. The maximum Gasteiger partial charge on any atom is 0.223 e. The summed E-state index contributed by atoms with van der Waals surface area (Å²) in [4.78, 5) is 16.7. The minimum atomic E-state index is 0.326. The molecular formula is C14H17N7. The summed E-state index contributed by atoms with van der Waals surface area (Å²) in [5, 5.41) is 3.10. The smallest absolute Gasteiger partial charge is 0.223 e. The zero-order chi connectivity index (χ0) is 15.1. The van der Waals surface area contributed by atoms with Gasteiger partial charge in [0.2, 0.25) is 5.95 Å². The number of nitrogens with zero attached hydrogens (tertiary/aromatic N) is 4. The Morgan fingerprint density at radius 3 is 2.81 bits per heavy atom. The fraction of sp³-hybridized carbons (Fsp3) is 0.143.